The van der Waals surface area contributed by atoms with E-state index in [1.54, 1.807) is 4.31 Å². The van der Waals surface area contributed by atoms with Crippen molar-refractivity contribution in [2.75, 3.05) is 17.4 Å². The number of ether oxygens (including phenoxy) is 1. The quantitative estimate of drug-likeness (QED) is 0.512. The number of nitrogens with one attached hydrogen (secondary N) is 1. The van der Waals surface area contributed by atoms with Crippen molar-refractivity contribution in [3.8, 4) is 5.75 Å². The van der Waals surface area contributed by atoms with E-state index in [1.165, 1.54) is 0 Å². The molecule has 0 bridgehead atoms. The largest absolute Gasteiger partial charge is 0.467 e. The fourth-order valence-electron chi connectivity index (χ4n) is 3.05. The lowest BCUT2D eigenvalue weighted by Gasteiger charge is -2.51. The lowest BCUT2D eigenvalue weighted by molar-refractivity contribution is 0.235. The predicted octanol–water partition coefficient (Wildman–Crippen LogP) is 5.66. The Morgan fingerprint density at radius 2 is 1.74 bits per heavy atom. The van der Waals surface area contributed by atoms with Gasteiger partial charge < -0.3 is 10.1 Å². The Bertz CT molecular complexity index is 715. The summed E-state index contributed by atoms with van der Waals surface area (Å²) in [7, 11) is -3.15. The summed E-state index contributed by atoms with van der Waals surface area (Å²) in [4.78, 5) is 0. The van der Waals surface area contributed by atoms with Crippen LogP contribution < -0.4 is 14.4 Å². The number of para-hydroxylation sites is 3. The molecule has 3 rings (SSSR count). The minimum atomic E-state index is -3.15. The number of nitrogens with zero attached hydrogens (tertiary/aromatic N) is 1. The first kappa shape index (κ1) is 21.9. The van der Waals surface area contributed by atoms with Crippen LogP contribution in [-0.2, 0) is 0 Å². The van der Waals surface area contributed by atoms with Crippen LogP contribution in [-0.4, -0.2) is 27.6 Å². The molecule has 2 aromatic carbocycles. The van der Waals surface area contributed by atoms with Crippen LogP contribution in [0.3, 0.4) is 0 Å². The SMILES string of the molecule is CC(C)CNCCCC1Oc2ccccc2N(c2ccccc2)S1(O)O.Cl. The molecule has 3 N–H and O–H groups in total. The summed E-state index contributed by atoms with van der Waals surface area (Å²) in [6.07, 6.45) is 1.39. The summed E-state index contributed by atoms with van der Waals surface area (Å²) in [6.45, 7) is 6.13. The fraction of sp³-hybridized carbons (Fsp3) is 0.400. The molecule has 1 aliphatic rings. The van der Waals surface area contributed by atoms with Gasteiger partial charge in [0.05, 0.1) is 5.69 Å². The Balaban J connectivity index is 0.00000261. The minimum absolute atomic E-state index is 0. The Morgan fingerprint density at radius 3 is 2.44 bits per heavy atom. The highest BCUT2D eigenvalue weighted by atomic mass is 35.5. The molecule has 0 aliphatic carbocycles. The average Bonchev–Trinajstić information content (AvgIpc) is 2.62. The van der Waals surface area contributed by atoms with Gasteiger partial charge in [0.25, 0.3) is 0 Å². The van der Waals surface area contributed by atoms with Gasteiger partial charge in [-0.3, -0.25) is 9.11 Å². The van der Waals surface area contributed by atoms with Crippen molar-refractivity contribution in [3.63, 3.8) is 0 Å². The maximum Gasteiger partial charge on any atom is 0.206 e. The number of fused-ring (bicyclic) bond motifs is 1. The topological polar surface area (TPSA) is 65.0 Å². The van der Waals surface area contributed by atoms with E-state index in [0.29, 0.717) is 23.8 Å². The Kier molecular flexibility index (Phi) is 7.82. The summed E-state index contributed by atoms with van der Waals surface area (Å²) in [6, 6.07) is 17.0. The van der Waals surface area contributed by atoms with Crippen LogP contribution in [0.4, 0.5) is 11.4 Å². The normalized spacial score (nSPS) is 19.0. The van der Waals surface area contributed by atoms with Crippen LogP contribution in [0.1, 0.15) is 26.7 Å². The van der Waals surface area contributed by atoms with E-state index in [1.807, 2.05) is 54.6 Å². The lowest BCUT2D eigenvalue weighted by Crippen LogP contribution is -2.39. The zero-order valence-corrected chi connectivity index (χ0v) is 17.4. The third-order valence-electron chi connectivity index (χ3n) is 4.30. The molecule has 7 heteroatoms. The van der Waals surface area contributed by atoms with Gasteiger partial charge in [-0.05, 0) is 49.7 Å². The van der Waals surface area contributed by atoms with Crippen molar-refractivity contribution in [1.82, 2.24) is 5.32 Å². The maximum absolute atomic E-state index is 11.1. The highest BCUT2D eigenvalue weighted by molar-refractivity contribution is 8.26. The third kappa shape index (κ3) is 5.09. The standard InChI is InChI=1S/C20H28N2O3S.ClH/c1-16(2)15-21-14-8-13-20-25-19-12-7-6-11-18(19)22(26(20,23)24)17-9-4-3-5-10-17;/h3-7,9-12,16,20-21,23-24H,8,13-15H2,1-2H3;1H. The lowest BCUT2D eigenvalue weighted by atomic mass is 10.2. The molecule has 5 nitrogen and oxygen atoms in total. The predicted molar refractivity (Wildman–Crippen MR) is 116 cm³/mol. The zero-order valence-electron chi connectivity index (χ0n) is 15.7. The monoisotopic (exact) mass is 412 g/mol. The first-order valence-electron chi connectivity index (χ1n) is 9.09. The Morgan fingerprint density at radius 1 is 1.07 bits per heavy atom. The van der Waals surface area contributed by atoms with E-state index in [9.17, 15) is 9.11 Å². The van der Waals surface area contributed by atoms with E-state index < -0.39 is 16.2 Å². The van der Waals surface area contributed by atoms with Gasteiger partial charge in [-0.2, -0.15) is 0 Å². The number of halogens is 1. The molecule has 1 heterocycles. The summed E-state index contributed by atoms with van der Waals surface area (Å²) in [5.41, 5.74) is 0.789. The second kappa shape index (κ2) is 9.66. The van der Waals surface area contributed by atoms with E-state index in [0.717, 1.165) is 25.2 Å². The third-order valence-corrected chi connectivity index (χ3v) is 6.28. The van der Waals surface area contributed by atoms with Gasteiger partial charge in [0.15, 0.2) is 0 Å². The Hall–Kier alpha value is -1.44. The number of rotatable bonds is 7. The molecule has 0 radical (unpaired) electrons. The van der Waals surface area contributed by atoms with E-state index in [-0.39, 0.29) is 12.4 Å². The van der Waals surface area contributed by atoms with Gasteiger partial charge in [-0.15, -0.1) is 12.4 Å². The summed E-state index contributed by atoms with van der Waals surface area (Å²) in [5.74, 6) is 1.28. The van der Waals surface area contributed by atoms with E-state index in [2.05, 4.69) is 19.2 Å². The minimum Gasteiger partial charge on any atom is -0.467 e. The molecule has 0 saturated carbocycles. The van der Waals surface area contributed by atoms with Crippen LogP contribution in [0.25, 0.3) is 0 Å². The number of hydrogen-bond donors (Lipinski definition) is 3. The van der Waals surface area contributed by atoms with Gasteiger partial charge in [0, 0.05) is 6.42 Å². The second-order valence-electron chi connectivity index (χ2n) is 6.95. The number of anilines is 2. The molecule has 1 unspecified atom stereocenters. The van der Waals surface area contributed by atoms with Gasteiger partial charge in [0.2, 0.25) is 5.44 Å². The van der Waals surface area contributed by atoms with Gasteiger partial charge in [-0.25, -0.2) is 4.31 Å². The number of benzene rings is 2. The second-order valence-corrected chi connectivity index (χ2v) is 8.96. The van der Waals surface area contributed by atoms with Crippen LogP contribution in [0.2, 0.25) is 0 Å². The van der Waals surface area contributed by atoms with Crippen LogP contribution in [0.15, 0.2) is 54.6 Å². The molecule has 0 spiro atoms. The van der Waals surface area contributed by atoms with Crippen molar-refractivity contribution in [1.29, 1.82) is 0 Å². The van der Waals surface area contributed by atoms with Gasteiger partial charge in [0.1, 0.15) is 11.4 Å². The Labute approximate surface area is 169 Å². The van der Waals surface area contributed by atoms with E-state index >= 15 is 0 Å². The van der Waals surface area contributed by atoms with Crippen molar-refractivity contribution in [2.45, 2.75) is 32.1 Å². The van der Waals surface area contributed by atoms with Crippen LogP contribution in [0.5, 0.6) is 5.75 Å². The molecule has 0 amide bonds. The van der Waals surface area contributed by atoms with Crippen molar-refractivity contribution in [3.05, 3.63) is 54.6 Å². The van der Waals surface area contributed by atoms with Crippen molar-refractivity contribution >= 4 is 34.6 Å². The first-order valence-corrected chi connectivity index (χ1v) is 10.7. The molecule has 2 aromatic rings. The molecule has 1 aliphatic heterocycles. The molecular formula is C20H29ClN2O3S. The van der Waals surface area contributed by atoms with Crippen molar-refractivity contribution in [2.24, 2.45) is 5.92 Å². The van der Waals surface area contributed by atoms with Gasteiger partial charge in [-0.1, -0.05) is 55.0 Å². The summed E-state index contributed by atoms with van der Waals surface area (Å²) < 4.78 is 29.7. The smallest absolute Gasteiger partial charge is 0.206 e. The van der Waals surface area contributed by atoms with E-state index in [4.69, 9.17) is 4.74 Å². The summed E-state index contributed by atoms with van der Waals surface area (Å²) >= 11 is 0. The summed E-state index contributed by atoms with van der Waals surface area (Å²) in [5, 5.41) is 3.39. The maximum atomic E-state index is 11.1. The van der Waals surface area contributed by atoms with Crippen LogP contribution in [0, 0.1) is 5.92 Å². The molecular weight excluding hydrogens is 384 g/mol. The highest BCUT2D eigenvalue weighted by Gasteiger charge is 2.40. The average molecular weight is 413 g/mol. The molecule has 27 heavy (non-hydrogen) atoms. The van der Waals surface area contributed by atoms with Crippen molar-refractivity contribution < 1.29 is 13.8 Å². The molecule has 0 aromatic heterocycles. The molecule has 0 fully saturated rings. The highest BCUT2D eigenvalue weighted by Crippen LogP contribution is 2.61. The number of hydrogen-bond acceptors (Lipinski definition) is 5. The zero-order chi connectivity index (χ0) is 18.6. The van der Waals surface area contributed by atoms with Gasteiger partial charge >= 0.3 is 0 Å². The molecule has 0 saturated heterocycles. The van der Waals surface area contributed by atoms with Crippen LogP contribution >= 0.6 is 23.2 Å². The molecule has 150 valence electrons. The first-order chi connectivity index (χ1) is 12.5. The molecule has 1 atom stereocenters. The fourth-order valence-corrected chi connectivity index (χ4v) is 4.88.